The maximum absolute atomic E-state index is 5.93. The van der Waals surface area contributed by atoms with Gasteiger partial charge < -0.3 is 4.74 Å². The lowest BCUT2D eigenvalue weighted by Crippen LogP contribution is -2.36. The highest BCUT2D eigenvalue weighted by atomic mass is 35.5. The summed E-state index contributed by atoms with van der Waals surface area (Å²) in [5.74, 6) is 1.89. The number of aryl methyl sites for hydroxylation is 1. The van der Waals surface area contributed by atoms with Gasteiger partial charge in [-0.05, 0) is 37.7 Å². The Balaban J connectivity index is 2.37. The average Bonchev–Trinajstić information content (AvgIpc) is 2.39. The molecule has 2 rings (SSSR count). The number of methoxy groups -OCH3 is 1. The van der Waals surface area contributed by atoms with E-state index in [2.05, 4.69) is 16.9 Å². The molecule has 18 heavy (non-hydrogen) atoms. The lowest BCUT2D eigenvalue weighted by atomic mass is 9.78. The van der Waals surface area contributed by atoms with Crippen LogP contribution in [0.15, 0.2) is 6.20 Å². The van der Waals surface area contributed by atoms with E-state index in [-0.39, 0.29) is 5.60 Å². The molecule has 4 heteroatoms. The molecule has 1 aromatic rings. The van der Waals surface area contributed by atoms with Crippen LogP contribution in [0.2, 0.25) is 0 Å². The van der Waals surface area contributed by atoms with E-state index in [0.29, 0.717) is 11.8 Å². The first-order valence-corrected chi connectivity index (χ1v) is 7.09. The second-order valence-electron chi connectivity index (χ2n) is 5.36. The van der Waals surface area contributed by atoms with Gasteiger partial charge in [0.15, 0.2) is 5.82 Å². The molecule has 1 heterocycles. The minimum Gasteiger partial charge on any atom is -0.370 e. The average molecular weight is 269 g/mol. The topological polar surface area (TPSA) is 35.0 Å². The molecule has 0 amide bonds. The highest BCUT2D eigenvalue weighted by molar-refractivity contribution is 6.16. The normalized spacial score (nSPS) is 28.3. The molecule has 100 valence electrons. The van der Waals surface area contributed by atoms with E-state index in [1.165, 1.54) is 12.8 Å². The zero-order chi connectivity index (χ0) is 13.2. The first-order chi connectivity index (χ1) is 8.61. The van der Waals surface area contributed by atoms with Crippen LogP contribution in [-0.4, -0.2) is 17.1 Å². The van der Waals surface area contributed by atoms with Gasteiger partial charge in [0.2, 0.25) is 0 Å². The molecule has 0 spiro atoms. The van der Waals surface area contributed by atoms with Gasteiger partial charge in [-0.15, -0.1) is 11.6 Å². The third kappa shape index (κ3) is 2.52. The molecule has 0 saturated heterocycles. The Morgan fingerprint density at radius 3 is 2.94 bits per heavy atom. The van der Waals surface area contributed by atoms with E-state index < -0.39 is 0 Å². The summed E-state index contributed by atoms with van der Waals surface area (Å²) < 4.78 is 5.81. The maximum Gasteiger partial charge on any atom is 0.160 e. The predicted octanol–water partition coefficient (Wildman–Crippen LogP) is 3.58. The second kappa shape index (κ2) is 5.54. The smallest absolute Gasteiger partial charge is 0.160 e. The van der Waals surface area contributed by atoms with Crippen LogP contribution in [0.1, 0.15) is 49.7 Å². The fraction of sp³-hybridized carbons (Fsp3) is 0.714. The zero-order valence-corrected chi connectivity index (χ0v) is 12.1. The van der Waals surface area contributed by atoms with Crippen LogP contribution in [0, 0.1) is 12.8 Å². The molecule has 1 fully saturated rings. The Labute approximate surface area is 114 Å². The molecule has 3 nitrogen and oxygen atoms in total. The van der Waals surface area contributed by atoms with Crippen molar-refractivity contribution in [1.29, 1.82) is 0 Å². The summed E-state index contributed by atoms with van der Waals surface area (Å²) in [5, 5.41) is 0. The highest BCUT2D eigenvalue weighted by Gasteiger charge is 2.39. The summed E-state index contributed by atoms with van der Waals surface area (Å²) in [6.45, 7) is 4.26. The third-order valence-corrected chi connectivity index (χ3v) is 4.21. The van der Waals surface area contributed by atoms with E-state index in [0.717, 1.165) is 29.9 Å². The fourth-order valence-electron chi connectivity index (χ4n) is 2.82. The molecule has 0 bridgehead atoms. The Morgan fingerprint density at radius 1 is 1.56 bits per heavy atom. The van der Waals surface area contributed by atoms with Crippen LogP contribution in [0.5, 0.6) is 0 Å². The lowest BCUT2D eigenvalue weighted by molar-refractivity contribution is -0.0647. The van der Waals surface area contributed by atoms with Gasteiger partial charge in [-0.25, -0.2) is 9.97 Å². The van der Waals surface area contributed by atoms with Gasteiger partial charge >= 0.3 is 0 Å². The van der Waals surface area contributed by atoms with E-state index >= 15 is 0 Å². The van der Waals surface area contributed by atoms with Crippen molar-refractivity contribution in [3.05, 3.63) is 23.3 Å². The monoisotopic (exact) mass is 268 g/mol. The lowest BCUT2D eigenvalue weighted by Gasteiger charge is -2.37. The van der Waals surface area contributed by atoms with Crippen LogP contribution < -0.4 is 0 Å². The SMILES string of the molecule is COC1(c2ncc(C)c(CCl)n2)CCCC(C)C1. The van der Waals surface area contributed by atoms with Crippen LogP contribution in [0.3, 0.4) is 0 Å². The number of hydrogen-bond donors (Lipinski definition) is 0. The minimum atomic E-state index is -0.313. The van der Waals surface area contributed by atoms with Crippen molar-refractivity contribution in [3.63, 3.8) is 0 Å². The van der Waals surface area contributed by atoms with Gasteiger partial charge in [-0.3, -0.25) is 0 Å². The van der Waals surface area contributed by atoms with Crippen molar-refractivity contribution in [1.82, 2.24) is 9.97 Å². The number of aromatic nitrogens is 2. The van der Waals surface area contributed by atoms with Gasteiger partial charge in [-0.1, -0.05) is 13.3 Å². The molecule has 2 unspecified atom stereocenters. The van der Waals surface area contributed by atoms with Crippen molar-refractivity contribution in [2.24, 2.45) is 5.92 Å². The molecule has 0 N–H and O–H groups in total. The van der Waals surface area contributed by atoms with E-state index in [1.54, 1.807) is 7.11 Å². The molecule has 1 aliphatic carbocycles. The molecule has 1 aromatic heterocycles. The van der Waals surface area contributed by atoms with Crippen LogP contribution in [0.4, 0.5) is 0 Å². The molecule has 0 aliphatic heterocycles. The Morgan fingerprint density at radius 2 is 2.33 bits per heavy atom. The number of nitrogens with zero attached hydrogens (tertiary/aromatic N) is 2. The summed E-state index contributed by atoms with van der Waals surface area (Å²) in [6, 6.07) is 0. The molecule has 1 aliphatic rings. The maximum atomic E-state index is 5.93. The second-order valence-corrected chi connectivity index (χ2v) is 5.62. The van der Waals surface area contributed by atoms with Gasteiger partial charge in [0.05, 0.1) is 11.6 Å². The largest absolute Gasteiger partial charge is 0.370 e. The fourth-order valence-corrected chi connectivity index (χ4v) is 3.09. The minimum absolute atomic E-state index is 0.313. The Bertz CT molecular complexity index is 424. The zero-order valence-electron chi connectivity index (χ0n) is 11.4. The predicted molar refractivity (Wildman–Crippen MR) is 72.6 cm³/mol. The molecule has 1 saturated carbocycles. The number of alkyl halides is 1. The standard InChI is InChI=1S/C14H21ClN2O/c1-10-5-4-6-14(7-10,18-3)13-16-9-11(2)12(8-15)17-13/h9-10H,4-8H2,1-3H3. The highest BCUT2D eigenvalue weighted by Crippen LogP contribution is 2.41. The van der Waals surface area contributed by atoms with Crippen molar-refractivity contribution in [2.75, 3.05) is 7.11 Å². The van der Waals surface area contributed by atoms with Crippen LogP contribution in [0.25, 0.3) is 0 Å². The van der Waals surface area contributed by atoms with Crippen LogP contribution in [-0.2, 0) is 16.2 Å². The number of ether oxygens (including phenoxy) is 1. The van der Waals surface area contributed by atoms with Gasteiger partial charge in [0.1, 0.15) is 5.60 Å². The van der Waals surface area contributed by atoms with Crippen molar-refractivity contribution < 1.29 is 4.74 Å². The molecule has 0 aromatic carbocycles. The van der Waals surface area contributed by atoms with Crippen molar-refractivity contribution in [2.45, 2.75) is 51.0 Å². The quantitative estimate of drug-likeness (QED) is 0.786. The Hall–Kier alpha value is -0.670. The molecular formula is C14H21ClN2O. The van der Waals surface area contributed by atoms with Crippen molar-refractivity contribution >= 4 is 11.6 Å². The molecular weight excluding hydrogens is 248 g/mol. The van der Waals surface area contributed by atoms with Gasteiger partial charge in [0.25, 0.3) is 0 Å². The van der Waals surface area contributed by atoms with Crippen LogP contribution >= 0.6 is 11.6 Å². The number of rotatable bonds is 3. The van der Waals surface area contributed by atoms with Crippen molar-refractivity contribution in [3.8, 4) is 0 Å². The first kappa shape index (κ1) is 13.8. The Kier molecular flexibility index (Phi) is 4.23. The van der Waals surface area contributed by atoms with Gasteiger partial charge in [-0.2, -0.15) is 0 Å². The summed E-state index contributed by atoms with van der Waals surface area (Å²) in [7, 11) is 1.77. The van der Waals surface area contributed by atoms with E-state index in [9.17, 15) is 0 Å². The summed E-state index contributed by atoms with van der Waals surface area (Å²) in [4.78, 5) is 9.12. The van der Waals surface area contributed by atoms with E-state index in [4.69, 9.17) is 16.3 Å². The van der Waals surface area contributed by atoms with Gasteiger partial charge in [0, 0.05) is 13.3 Å². The number of halogens is 1. The van der Waals surface area contributed by atoms with E-state index in [1.807, 2.05) is 13.1 Å². The first-order valence-electron chi connectivity index (χ1n) is 6.55. The molecule has 2 atom stereocenters. The number of hydrogen-bond acceptors (Lipinski definition) is 3. The molecule has 0 radical (unpaired) electrons. The third-order valence-electron chi connectivity index (χ3n) is 3.96. The summed E-state index contributed by atoms with van der Waals surface area (Å²) in [6.07, 6.45) is 6.29. The summed E-state index contributed by atoms with van der Waals surface area (Å²) in [5.41, 5.74) is 1.65. The summed E-state index contributed by atoms with van der Waals surface area (Å²) >= 11 is 5.93.